The zero-order valence-electron chi connectivity index (χ0n) is 15.2. The first kappa shape index (κ1) is 22.9. The lowest BCUT2D eigenvalue weighted by molar-refractivity contribution is 0.0765. The van der Waals surface area contributed by atoms with Crippen LogP contribution in [-0.2, 0) is 21.3 Å². The summed E-state index contributed by atoms with van der Waals surface area (Å²) in [7, 11) is -3.70. The van der Waals surface area contributed by atoms with Gasteiger partial charge in [-0.05, 0) is 36.4 Å². The molecule has 0 heterocycles. The molecule has 2 aromatic carbocycles. The molecule has 2 aromatic rings. The number of rotatable bonds is 8. The summed E-state index contributed by atoms with van der Waals surface area (Å²) < 4.78 is 70.4. The minimum Gasteiger partial charge on any atom is -0.470 e. The molecule has 11 heteroatoms. The Morgan fingerprint density at radius 2 is 1.90 bits per heavy atom. The highest BCUT2D eigenvalue weighted by atomic mass is 79.9. The summed E-state index contributed by atoms with van der Waals surface area (Å²) in [5.41, 5.74) is 0.494. The summed E-state index contributed by atoms with van der Waals surface area (Å²) in [6.07, 6.45) is -1.73. The van der Waals surface area contributed by atoms with Gasteiger partial charge in [-0.15, -0.1) is 5.10 Å². The quantitative estimate of drug-likeness (QED) is 0.315. The lowest BCUT2D eigenvalue weighted by Gasteiger charge is -2.23. The monoisotopic (exact) mass is 491 g/mol. The maximum Gasteiger partial charge on any atom is 0.272 e. The molecule has 0 spiro atoms. The van der Waals surface area contributed by atoms with Crippen LogP contribution in [0.15, 0.2) is 57.1 Å². The molecule has 0 radical (unpaired) electrons. The first-order valence-electron chi connectivity index (χ1n) is 8.08. The summed E-state index contributed by atoms with van der Waals surface area (Å²) in [5.74, 6) is -1.08. The molecule has 0 unspecified atom stereocenters. The zero-order chi connectivity index (χ0) is 21.6. The Bertz CT molecular complexity index is 999. The predicted molar refractivity (Wildman–Crippen MR) is 110 cm³/mol. The van der Waals surface area contributed by atoms with Crippen molar-refractivity contribution in [3.05, 3.63) is 63.9 Å². The second kappa shape index (κ2) is 9.88. The molecule has 2 rings (SSSR count). The van der Waals surface area contributed by atoms with Crippen molar-refractivity contribution in [3.8, 4) is 0 Å². The summed E-state index contributed by atoms with van der Waals surface area (Å²) in [4.78, 5) is 0. The average molecular weight is 492 g/mol. The van der Waals surface area contributed by atoms with Crippen LogP contribution in [0, 0.1) is 5.82 Å². The highest BCUT2D eigenvalue weighted by Gasteiger charge is 2.20. The van der Waals surface area contributed by atoms with Gasteiger partial charge in [-0.2, -0.15) is 5.10 Å². The highest BCUT2D eigenvalue weighted by molar-refractivity contribution is 9.10. The number of hydrogen-bond acceptors (Lipinski definition) is 5. The molecule has 0 aliphatic carbocycles. The van der Waals surface area contributed by atoms with E-state index in [2.05, 4.69) is 32.9 Å². The summed E-state index contributed by atoms with van der Waals surface area (Å²) in [5, 5.41) is 6.71. The van der Waals surface area contributed by atoms with E-state index >= 15 is 0 Å². The smallest absolute Gasteiger partial charge is 0.272 e. The summed E-state index contributed by atoms with van der Waals surface area (Å²) >= 11 is 3.27. The Morgan fingerprint density at radius 1 is 1.24 bits per heavy atom. The van der Waals surface area contributed by atoms with Gasteiger partial charge in [-0.1, -0.05) is 22.0 Å². The van der Waals surface area contributed by atoms with Gasteiger partial charge >= 0.3 is 0 Å². The van der Waals surface area contributed by atoms with E-state index in [1.54, 1.807) is 24.3 Å². The van der Waals surface area contributed by atoms with E-state index in [0.717, 1.165) is 21.1 Å². The van der Waals surface area contributed by atoms with Gasteiger partial charge in [0.1, 0.15) is 5.82 Å². The van der Waals surface area contributed by atoms with Crippen LogP contribution >= 0.6 is 15.9 Å². The number of alkyl halides is 2. The van der Waals surface area contributed by atoms with E-state index in [1.165, 1.54) is 12.1 Å². The van der Waals surface area contributed by atoms with E-state index in [4.69, 9.17) is 4.74 Å². The molecule has 0 amide bonds. The second-order valence-electron chi connectivity index (χ2n) is 5.80. The number of anilines is 1. The SMILES string of the molecule is C=N/N=C(\OCC(F)F)c1ccc(CN(c2ccc(Br)cc2)S(C)(=O)=O)c(F)c1. The average Bonchev–Trinajstić information content (AvgIpc) is 2.64. The van der Waals surface area contributed by atoms with E-state index in [9.17, 15) is 21.6 Å². The molecule has 0 fully saturated rings. The maximum atomic E-state index is 14.6. The minimum absolute atomic E-state index is 0.0637. The Balaban J connectivity index is 2.33. The lowest BCUT2D eigenvalue weighted by Crippen LogP contribution is -2.29. The number of hydrogen-bond donors (Lipinski definition) is 0. The molecule has 0 N–H and O–H groups in total. The molecule has 0 saturated heterocycles. The summed E-state index contributed by atoms with van der Waals surface area (Å²) in [6.45, 7) is 1.92. The topological polar surface area (TPSA) is 71.3 Å². The standard InChI is InChI=1S/C18H17BrF3N3O3S/c1-23-24-18(28-11-17(21)22)12-3-4-13(16(20)9-12)10-25(29(2,26)27)15-7-5-14(19)6-8-15/h3-9,17H,1,10-11H2,2H3/b24-18-. The highest BCUT2D eigenvalue weighted by Crippen LogP contribution is 2.24. The summed E-state index contributed by atoms with van der Waals surface area (Å²) in [6, 6.07) is 10.2. The molecule has 29 heavy (non-hydrogen) atoms. The van der Waals surface area contributed by atoms with Crippen molar-refractivity contribution in [1.82, 2.24) is 0 Å². The van der Waals surface area contributed by atoms with E-state index in [1.807, 2.05) is 0 Å². The number of nitrogens with zero attached hydrogens (tertiary/aromatic N) is 3. The largest absolute Gasteiger partial charge is 0.470 e. The number of benzene rings is 2. The minimum atomic E-state index is -3.70. The Labute approximate surface area is 174 Å². The lowest BCUT2D eigenvalue weighted by atomic mass is 10.1. The Kier molecular flexibility index (Phi) is 7.80. The van der Waals surface area contributed by atoms with Crippen LogP contribution < -0.4 is 4.31 Å². The van der Waals surface area contributed by atoms with Crippen LogP contribution in [0.2, 0.25) is 0 Å². The van der Waals surface area contributed by atoms with Crippen LogP contribution in [0.3, 0.4) is 0 Å². The van der Waals surface area contributed by atoms with Crippen molar-refractivity contribution in [1.29, 1.82) is 0 Å². The van der Waals surface area contributed by atoms with Crippen LogP contribution in [0.5, 0.6) is 0 Å². The van der Waals surface area contributed by atoms with Crippen molar-refractivity contribution in [3.63, 3.8) is 0 Å². The molecule has 0 atom stereocenters. The normalized spacial score (nSPS) is 12.1. The fourth-order valence-electron chi connectivity index (χ4n) is 2.35. The molecule has 0 aliphatic heterocycles. The van der Waals surface area contributed by atoms with E-state index < -0.39 is 28.9 Å². The fraction of sp³-hybridized carbons (Fsp3) is 0.222. The van der Waals surface area contributed by atoms with Crippen LogP contribution in [0.4, 0.5) is 18.9 Å². The Hall–Kier alpha value is -2.40. The van der Waals surface area contributed by atoms with Crippen LogP contribution in [0.1, 0.15) is 11.1 Å². The van der Waals surface area contributed by atoms with E-state index in [-0.39, 0.29) is 23.6 Å². The molecule has 0 aliphatic rings. The van der Waals surface area contributed by atoms with Crippen molar-refractivity contribution in [2.24, 2.45) is 10.2 Å². The van der Waals surface area contributed by atoms with Crippen molar-refractivity contribution in [2.45, 2.75) is 13.0 Å². The third-order valence-electron chi connectivity index (χ3n) is 3.64. The first-order chi connectivity index (χ1) is 13.6. The first-order valence-corrected chi connectivity index (χ1v) is 10.7. The molecule has 0 bridgehead atoms. The van der Waals surface area contributed by atoms with Gasteiger partial charge in [-0.25, -0.2) is 21.6 Å². The molecular weight excluding hydrogens is 475 g/mol. The van der Waals surface area contributed by atoms with Crippen LogP contribution in [-0.4, -0.2) is 40.3 Å². The third-order valence-corrected chi connectivity index (χ3v) is 5.31. The van der Waals surface area contributed by atoms with Gasteiger partial charge in [0.25, 0.3) is 6.43 Å². The number of sulfonamides is 1. The van der Waals surface area contributed by atoms with Gasteiger partial charge in [-0.3, -0.25) is 4.31 Å². The van der Waals surface area contributed by atoms with Gasteiger partial charge in [0.15, 0.2) is 6.61 Å². The molecule has 0 aromatic heterocycles. The third kappa shape index (κ3) is 6.57. The maximum absolute atomic E-state index is 14.6. The molecule has 6 nitrogen and oxygen atoms in total. The number of ether oxygens (including phenoxy) is 1. The van der Waals surface area contributed by atoms with Crippen LogP contribution in [0.25, 0.3) is 0 Å². The Morgan fingerprint density at radius 3 is 2.41 bits per heavy atom. The fourth-order valence-corrected chi connectivity index (χ4v) is 3.49. The second-order valence-corrected chi connectivity index (χ2v) is 8.62. The van der Waals surface area contributed by atoms with Gasteiger partial charge in [0, 0.05) is 22.3 Å². The number of halogens is 4. The molecule has 0 saturated carbocycles. The predicted octanol–water partition coefficient (Wildman–Crippen LogP) is 4.20. The van der Waals surface area contributed by atoms with Crippen molar-refractivity contribution >= 4 is 44.3 Å². The van der Waals surface area contributed by atoms with Gasteiger partial charge < -0.3 is 4.74 Å². The van der Waals surface area contributed by atoms with Crippen molar-refractivity contribution in [2.75, 3.05) is 17.2 Å². The van der Waals surface area contributed by atoms with Gasteiger partial charge in [0.2, 0.25) is 15.9 Å². The van der Waals surface area contributed by atoms with E-state index in [0.29, 0.717) is 5.69 Å². The molecular formula is C18H17BrF3N3O3S. The van der Waals surface area contributed by atoms with Gasteiger partial charge in [0.05, 0.1) is 18.5 Å². The molecule has 156 valence electrons. The zero-order valence-corrected chi connectivity index (χ0v) is 17.6. The van der Waals surface area contributed by atoms with Crippen molar-refractivity contribution < 1.29 is 26.3 Å².